The van der Waals surface area contributed by atoms with Crippen LogP contribution in [0, 0.1) is 0 Å². The van der Waals surface area contributed by atoms with Crippen LogP contribution >= 0.6 is 23.2 Å². The maximum Gasteiger partial charge on any atom is 0.220 e. The Morgan fingerprint density at radius 2 is 1.87 bits per heavy atom. The Balaban J connectivity index is 1.56. The summed E-state index contributed by atoms with van der Waals surface area (Å²) in [6.45, 7) is 1.38. The molecular weight excluding hydrogens is 333 g/mol. The number of carbonyl (C=O) groups is 1. The van der Waals surface area contributed by atoms with Gasteiger partial charge in [0, 0.05) is 29.6 Å². The molecule has 5 heteroatoms. The standard InChI is InChI=1S/C18H25Cl2NO2/c19-16-8-4-9-17(20)15(16)10-11-18(22)21-12-5-13-23-14-6-2-1-3-7-14/h4,8-9,14H,1-3,5-7,10-13H2,(H,21,22). The van der Waals surface area contributed by atoms with Crippen LogP contribution in [0.25, 0.3) is 0 Å². The van der Waals surface area contributed by atoms with E-state index in [0.717, 1.165) is 18.6 Å². The molecule has 1 aromatic carbocycles. The van der Waals surface area contributed by atoms with Gasteiger partial charge in [-0.15, -0.1) is 0 Å². The van der Waals surface area contributed by atoms with E-state index in [9.17, 15) is 4.79 Å². The van der Waals surface area contributed by atoms with Gasteiger partial charge in [-0.25, -0.2) is 0 Å². The summed E-state index contributed by atoms with van der Waals surface area (Å²) in [5, 5.41) is 4.16. The predicted molar refractivity (Wildman–Crippen MR) is 95.2 cm³/mol. The molecule has 128 valence electrons. The number of hydrogen-bond acceptors (Lipinski definition) is 2. The molecule has 2 rings (SSSR count). The summed E-state index contributed by atoms with van der Waals surface area (Å²) >= 11 is 12.2. The van der Waals surface area contributed by atoms with Crippen molar-refractivity contribution in [3.8, 4) is 0 Å². The summed E-state index contributed by atoms with van der Waals surface area (Å²) in [6, 6.07) is 5.40. The van der Waals surface area contributed by atoms with E-state index in [-0.39, 0.29) is 5.91 Å². The molecule has 1 aliphatic rings. The Bertz CT molecular complexity index is 482. The van der Waals surface area contributed by atoms with Gasteiger partial charge in [0.05, 0.1) is 6.10 Å². The average Bonchev–Trinajstić information content (AvgIpc) is 2.55. The van der Waals surface area contributed by atoms with Gasteiger partial charge in [0.15, 0.2) is 0 Å². The van der Waals surface area contributed by atoms with Crippen LogP contribution in [0.2, 0.25) is 10.0 Å². The second kappa shape index (κ2) is 10.2. The highest BCUT2D eigenvalue weighted by atomic mass is 35.5. The van der Waals surface area contributed by atoms with Crippen molar-refractivity contribution in [2.24, 2.45) is 0 Å². The Kier molecular flexibility index (Phi) is 8.21. The van der Waals surface area contributed by atoms with Gasteiger partial charge in [-0.1, -0.05) is 48.5 Å². The molecule has 0 aliphatic heterocycles. The van der Waals surface area contributed by atoms with Gasteiger partial charge >= 0.3 is 0 Å². The molecule has 1 aliphatic carbocycles. The van der Waals surface area contributed by atoms with Crippen molar-refractivity contribution >= 4 is 29.1 Å². The molecule has 0 spiro atoms. The fourth-order valence-electron chi connectivity index (χ4n) is 2.88. The van der Waals surface area contributed by atoms with E-state index < -0.39 is 0 Å². The van der Waals surface area contributed by atoms with E-state index in [2.05, 4.69) is 5.32 Å². The van der Waals surface area contributed by atoms with Crippen molar-refractivity contribution in [3.63, 3.8) is 0 Å². The van der Waals surface area contributed by atoms with Crippen molar-refractivity contribution in [1.29, 1.82) is 0 Å². The first kappa shape index (κ1) is 18.6. The number of benzene rings is 1. The second-order valence-corrected chi connectivity index (χ2v) is 6.85. The SMILES string of the molecule is O=C(CCc1c(Cl)cccc1Cl)NCCCOC1CCCCC1. The molecule has 1 saturated carbocycles. The summed E-state index contributed by atoms with van der Waals surface area (Å²) < 4.78 is 5.84. The van der Waals surface area contributed by atoms with Crippen LogP contribution in [0.3, 0.4) is 0 Å². The Morgan fingerprint density at radius 3 is 2.57 bits per heavy atom. The van der Waals surface area contributed by atoms with Crippen LogP contribution in [-0.4, -0.2) is 25.2 Å². The lowest BCUT2D eigenvalue weighted by atomic mass is 9.98. The number of rotatable bonds is 8. The molecule has 1 aromatic rings. The third kappa shape index (κ3) is 6.70. The van der Waals surface area contributed by atoms with Crippen molar-refractivity contribution in [3.05, 3.63) is 33.8 Å². The van der Waals surface area contributed by atoms with E-state index in [1.807, 2.05) is 0 Å². The van der Waals surface area contributed by atoms with Crippen LogP contribution in [0.15, 0.2) is 18.2 Å². The van der Waals surface area contributed by atoms with E-state index in [1.165, 1.54) is 32.1 Å². The Labute approximate surface area is 148 Å². The first-order valence-corrected chi connectivity index (χ1v) is 9.23. The quantitative estimate of drug-likeness (QED) is 0.679. The molecule has 0 atom stereocenters. The van der Waals surface area contributed by atoms with Crippen molar-refractivity contribution in [2.45, 2.75) is 57.5 Å². The molecule has 0 radical (unpaired) electrons. The smallest absolute Gasteiger partial charge is 0.220 e. The molecule has 0 bridgehead atoms. The van der Waals surface area contributed by atoms with Crippen LogP contribution in [0.5, 0.6) is 0 Å². The molecular formula is C18H25Cl2NO2. The highest BCUT2D eigenvalue weighted by Gasteiger charge is 2.13. The number of carbonyl (C=O) groups excluding carboxylic acids is 1. The molecule has 0 aromatic heterocycles. The predicted octanol–water partition coefficient (Wildman–Crippen LogP) is 4.78. The number of amides is 1. The van der Waals surface area contributed by atoms with Crippen LogP contribution in [-0.2, 0) is 16.0 Å². The molecule has 1 N–H and O–H groups in total. The fraction of sp³-hybridized carbons (Fsp3) is 0.611. The summed E-state index contributed by atoms with van der Waals surface area (Å²) in [5.41, 5.74) is 0.839. The maximum absolute atomic E-state index is 11.9. The zero-order valence-corrected chi connectivity index (χ0v) is 15.0. The zero-order chi connectivity index (χ0) is 16.5. The fourth-order valence-corrected chi connectivity index (χ4v) is 3.47. The van der Waals surface area contributed by atoms with Gasteiger partial charge < -0.3 is 10.1 Å². The Morgan fingerprint density at radius 1 is 1.17 bits per heavy atom. The van der Waals surface area contributed by atoms with E-state index in [0.29, 0.717) is 35.5 Å². The van der Waals surface area contributed by atoms with Gasteiger partial charge in [0.1, 0.15) is 0 Å². The highest BCUT2D eigenvalue weighted by molar-refractivity contribution is 6.36. The van der Waals surface area contributed by atoms with Gasteiger partial charge in [-0.05, 0) is 43.4 Å². The third-order valence-electron chi connectivity index (χ3n) is 4.21. The summed E-state index contributed by atoms with van der Waals surface area (Å²) in [6.07, 6.45) is 8.52. The number of nitrogens with one attached hydrogen (secondary N) is 1. The van der Waals surface area contributed by atoms with E-state index >= 15 is 0 Å². The first-order chi connectivity index (χ1) is 11.2. The maximum atomic E-state index is 11.9. The topological polar surface area (TPSA) is 38.3 Å². The summed E-state index contributed by atoms with van der Waals surface area (Å²) in [4.78, 5) is 11.9. The molecule has 1 fully saturated rings. The van der Waals surface area contributed by atoms with Crippen molar-refractivity contribution < 1.29 is 9.53 Å². The number of hydrogen-bond donors (Lipinski definition) is 1. The molecule has 0 unspecified atom stereocenters. The number of halogens is 2. The molecule has 0 saturated heterocycles. The van der Waals surface area contributed by atoms with Crippen molar-refractivity contribution in [2.75, 3.05) is 13.2 Å². The summed E-state index contributed by atoms with van der Waals surface area (Å²) in [7, 11) is 0. The molecule has 3 nitrogen and oxygen atoms in total. The third-order valence-corrected chi connectivity index (χ3v) is 4.92. The lowest BCUT2D eigenvalue weighted by Gasteiger charge is -2.21. The van der Waals surface area contributed by atoms with Gasteiger partial charge in [-0.2, -0.15) is 0 Å². The number of ether oxygens (including phenoxy) is 1. The Hall–Kier alpha value is -0.770. The van der Waals surface area contributed by atoms with Crippen LogP contribution in [0.1, 0.15) is 50.5 Å². The molecule has 1 amide bonds. The first-order valence-electron chi connectivity index (χ1n) is 8.48. The largest absolute Gasteiger partial charge is 0.378 e. The lowest BCUT2D eigenvalue weighted by Crippen LogP contribution is -2.26. The minimum atomic E-state index is 0.0265. The minimum absolute atomic E-state index is 0.0265. The normalized spacial score (nSPS) is 15.6. The molecule has 0 heterocycles. The summed E-state index contributed by atoms with van der Waals surface area (Å²) in [5.74, 6) is 0.0265. The van der Waals surface area contributed by atoms with Gasteiger partial charge in [-0.3, -0.25) is 4.79 Å². The second-order valence-electron chi connectivity index (χ2n) is 6.03. The van der Waals surface area contributed by atoms with Gasteiger partial charge in [0.25, 0.3) is 0 Å². The monoisotopic (exact) mass is 357 g/mol. The van der Waals surface area contributed by atoms with E-state index in [1.54, 1.807) is 18.2 Å². The van der Waals surface area contributed by atoms with Gasteiger partial charge in [0.2, 0.25) is 5.91 Å². The molecule has 23 heavy (non-hydrogen) atoms. The lowest BCUT2D eigenvalue weighted by molar-refractivity contribution is -0.121. The minimum Gasteiger partial charge on any atom is -0.378 e. The van der Waals surface area contributed by atoms with Crippen molar-refractivity contribution in [1.82, 2.24) is 5.32 Å². The average molecular weight is 358 g/mol. The van der Waals surface area contributed by atoms with Crippen LogP contribution in [0.4, 0.5) is 0 Å². The zero-order valence-electron chi connectivity index (χ0n) is 13.5. The van der Waals surface area contributed by atoms with Crippen LogP contribution < -0.4 is 5.32 Å². The van der Waals surface area contributed by atoms with E-state index in [4.69, 9.17) is 27.9 Å². The highest BCUT2D eigenvalue weighted by Crippen LogP contribution is 2.25.